The first-order chi connectivity index (χ1) is 7.63. The summed E-state index contributed by atoms with van der Waals surface area (Å²) in [5.41, 5.74) is 1.01. The van der Waals surface area contributed by atoms with Crippen LogP contribution in [0.25, 0.3) is 0 Å². The summed E-state index contributed by atoms with van der Waals surface area (Å²) < 4.78 is 1.79. The van der Waals surface area contributed by atoms with Gasteiger partial charge in [0.15, 0.2) is 5.17 Å². The summed E-state index contributed by atoms with van der Waals surface area (Å²) in [6.45, 7) is 4.49. The van der Waals surface area contributed by atoms with Crippen molar-refractivity contribution in [2.24, 2.45) is 18.0 Å². The molecule has 1 aromatic rings. The van der Waals surface area contributed by atoms with Crippen LogP contribution >= 0.6 is 11.8 Å². The van der Waals surface area contributed by atoms with Gasteiger partial charge in [-0.1, -0.05) is 25.6 Å². The number of nitrogens with one attached hydrogen (secondary N) is 1. The van der Waals surface area contributed by atoms with Gasteiger partial charge in [-0.15, -0.1) is 0 Å². The molecule has 88 valence electrons. The van der Waals surface area contributed by atoms with E-state index in [4.69, 9.17) is 0 Å². The first kappa shape index (κ1) is 11.5. The molecular formula is C11H18N4S. The van der Waals surface area contributed by atoms with E-state index in [2.05, 4.69) is 29.3 Å². The maximum Gasteiger partial charge on any atom is 0.161 e. The molecule has 1 atom stereocenters. The molecule has 0 saturated carbocycles. The Morgan fingerprint density at radius 1 is 1.62 bits per heavy atom. The van der Waals surface area contributed by atoms with Crippen molar-refractivity contribution in [3.8, 4) is 0 Å². The van der Waals surface area contributed by atoms with Crippen LogP contribution < -0.4 is 5.32 Å². The van der Waals surface area contributed by atoms with Crippen molar-refractivity contribution in [3.63, 3.8) is 0 Å². The number of aryl methyl sites for hydroxylation is 1. The lowest BCUT2D eigenvalue weighted by molar-refractivity contribution is 0.529. The zero-order valence-electron chi connectivity index (χ0n) is 9.97. The van der Waals surface area contributed by atoms with Gasteiger partial charge < -0.3 is 5.32 Å². The van der Waals surface area contributed by atoms with Gasteiger partial charge in [0, 0.05) is 19.0 Å². The van der Waals surface area contributed by atoms with E-state index in [1.165, 1.54) is 6.42 Å². The first-order valence-corrected chi connectivity index (χ1v) is 6.58. The fourth-order valence-corrected chi connectivity index (χ4v) is 2.73. The minimum Gasteiger partial charge on any atom is -0.332 e. The van der Waals surface area contributed by atoms with Crippen LogP contribution in [0.3, 0.4) is 0 Å². The summed E-state index contributed by atoms with van der Waals surface area (Å²) in [4.78, 5) is 4.66. The van der Waals surface area contributed by atoms with E-state index in [1.807, 2.05) is 19.4 Å². The van der Waals surface area contributed by atoms with Crippen molar-refractivity contribution in [2.45, 2.75) is 26.3 Å². The largest absolute Gasteiger partial charge is 0.332 e. The van der Waals surface area contributed by atoms with E-state index < -0.39 is 0 Å². The normalized spacial score (nSPS) is 20.2. The van der Waals surface area contributed by atoms with E-state index in [0.29, 0.717) is 12.0 Å². The highest BCUT2D eigenvalue weighted by Crippen LogP contribution is 2.23. The Morgan fingerprint density at radius 2 is 2.44 bits per heavy atom. The Kier molecular flexibility index (Phi) is 3.53. The van der Waals surface area contributed by atoms with Crippen LogP contribution in [0.15, 0.2) is 17.4 Å². The van der Waals surface area contributed by atoms with Gasteiger partial charge in [-0.3, -0.25) is 9.67 Å². The lowest BCUT2D eigenvalue weighted by atomic mass is 10.1. The van der Waals surface area contributed by atoms with Crippen LogP contribution in [0, 0.1) is 5.92 Å². The molecule has 0 aromatic carbocycles. The molecule has 0 spiro atoms. The molecule has 0 fully saturated rings. The Morgan fingerprint density at radius 3 is 3.06 bits per heavy atom. The second kappa shape index (κ2) is 4.91. The topological polar surface area (TPSA) is 42.2 Å². The Balaban J connectivity index is 1.91. The van der Waals surface area contributed by atoms with E-state index in [1.54, 1.807) is 16.4 Å². The molecule has 2 rings (SSSR count). The SMILES string of the molecule is CC(C)CC1CSC(Nc2cnn(C)c2)=N1. The predicted octanol–water partition coefficient (Wildman–Crippen LogP) is 2.35. The molecule has 0 amide bonds. The molecule has 1 unspecified atom stereocenters. The molecule has 0 bridgehead atoms. The van der Waals surface area contributed by atoms with Crippen LogP contribution in [0.1, 0.15) is 20.3 Å². The molecular weight excluding hydrogens is 220 g/mol. The Bertz CT molecular complexity index is 383. The van der Waals surface area contributed by atoms with E-state index >= 15 is 0 Å². The highest BCUT2D eigenvalue weighted by Gasteiger charge is 2.19. The third-order valence-corrected chi connectivity index (χ3v) is 3.44. The number of aromatic nitrogens is 2. The summed E-state index contributed by atoms with van der Waals surface area (Å²) in [7, 11) is 1.91. The molecule has 16 heavy (non-hydrogen) atoms. The van der Waals surface area contributed by atoms with Crippen molar-refractivity contribution in [1.82, 2.24) is 9.78 Å². The van der Waals surface area contributed by atoms with Gasteiger partial charge in [-0.2, -0.15) is 5.10 Å². The number of hydrogen-bond acceptors (Lipinski definition) is 4. The van der Waals surface area contributed by atoms with Gasteiger partial charge in [0.2, 0.25) is 0 Å². The van der Waals surface area contributed by atoms with Gasteiger partial charge in [0.25, 0.3) is 0 Å². The first-order valence-electron chi connectivity index (χ1n) is 5.60. The average Bonchev–Trinajstić information content (AvgIpc) is 2.76. The molecule has 0 aliphatic carbocycles. The zero-order valence-corrected chi connectivity index (χ0v) is 10.8. The molecule has 2 heterocycles. The summed E-state index contributed by atoms with van der Waals surface area (Å²) in [6.07, 6.45) is 4.95. The van der Waals surface area contributed by atoms with Crippen LogP contribution in [-0.2, 0) is 7.05 Å². The van der Waals surface area contributed by atoms with Gasteiger partial charge in [0.05, 0.1) is 17.9 Å². The fourth-order valence-electron chi connectivity index (χ4n) is 1.76. The molecule has 4 nitrogen and oxygen atoms in total. The minimum absolute atomic E-state index is 0.476. The zero-order chi connectivity index (χ0) is 11.5. The second-order valence-electron chi connectivity index (χ2n) is 4.56. The number of hydrogen-bond donors (Lipinski definition) is 1. The quantitative estimate of drug-likeness (QED) is 0.879. The highest BCUT2D eigenvalue weighted by molar-refractivity contribution is 8.14. The van der Waals surface area contributed by atoms with Crippen molar-refractivity contribution in [2.75, 3.05) is 11.1 Å². The summed E-state index contributed by atoms with van der Waals surface area (Å²) in [6, 6.07) is 0.476. The minimum atomic E-state index is 0.476. The van der Waals surface area contributed by atoms with Crippen LogP contribution in [0.5, 0.6) is 0 Å². The van der Waals surface area contributed by atoms with Crippen molar-refractivity contribution < 1.29 is 0 Å². The molecule has 0 saturated heterocycles. The number of aliphatic imine (C=N–C) groups is 1. The van der Waals surface area contributed by atoms with Crippen LogP contribution in [0.2, 0.25) is 0 Å². The molecule has 0 radical (unpaired) electrons. The highest BCUT2D eigenvalue weighted by atomic mass is 32.2. The third kappa shape index (κ3) is 3.01. The Labute approximate surface area is 101 Å². The molecule has 1 aliphatic heterocycles. The van der Waals surface area contributed by atoms with E-state index in [9.17, 15) is 0 Å². The molecule has 5 heteroatoms. The fraction of sp³-hybridized carbons (Fsp3) is 0.636. The standard InChI is InChI=1S/C11H18N4S/c1-8(2)4-9-7-16-11(13-9)14-10-5-12-15(3)6-10/h5-6,8-9H,4,7H2,1-3H3,(H,13,14). The number of thioether (sulfide) groups is 1. The van der Waals surface area contributed by atoms with Crippen molar-refractivity contribution >= 4 is 22.6 Å². The summed E-state index contributed by atoms with van der Waals surface area (Å²) in [5.74, 6) is 1.81. The molecule has 1 aliphatic rings. The molecule has 1 aromatic heterocycles. The number of amidine groups is 1. The third-order valence-electron chi connectivity index (χ3n) is 2.41. The molecule has 1 N–H and O–H groups in total. The summed E-state index contributed by atoms with van der Waals surface area (Å²) in [5, 5.41) is 8.44. The van der Waals surface area contributed by atoms with Gasteiger partial charge in [-0.05, 0) is 12.3 Å². The summed E-state index contributed by atoms with van der Waals surface area (Å²) >= 11 is 1.80. The van der Waals surface area contributed by atoms with Crippen LogP contribution in [0.4, 0.5) is 5.69 Å². The number of nitrogens with zero attached hydrogens (tertiary/aromatic N) is 3. The average molecular weight is 238 g/mol. The smallest absolute Gasteiger partial charge is 0.161 e. The monoisotopic (exact) mass is 238 g/mol. The van der Waals surface area contributed by atoms with Crippen LogP contribution in [-0.4, -0.2) is 26.7 Å². The van der Waals surface area contributed by atoms with Crippen molar-refractivity contribution in [1.29, 1.82) is 0 Å². The lowest BCUT2D eigenvalue weighted by Crippen LogP contribution is -2.08. The van der Waals surface area contributed by atoms with E-state index in [0.717, 1.165) is 16.6 Å². The Hall–Kier alpha value is -0.970. The van der Waals surface area contributed by atoms with Gasteiger partial charge >= 0.3 is 0 Å². The maximum atomic E-state index is 4.66. The van der Waals surface area contributed by atoms with E-state index in [-0.39, 0.29) is 0 Å². The maximum absolute atomic E-state index is 4.66. The van der Waals surface area contributed by atoms with Gasteiger partial charge in [0.1, 0.15) is 0 Å². The number of rotatable bonds is 3. The second-order valence-corrected chi connectivity index (χ2v) is 5.57. The number of anilines is 1. The van der Waals surface area contributed by atoms with Gasteiger partial charge in [-0.25, -0.2) is 0 Å². The van der Waals surface area contributed by atoms with Crippen molar-refractivity contribution in [3.05, 3.63) is 12.4 Å². The predicted molar refractivity (Wildman–Crippen MR) is 70.0 cm³/mol. The lowest BCUT2D eigenvalue weighted by Gasteiger charge is -2.07.